The number of halogens is 1. The molecule has 3 rings (SSSR count). The molecule has 0 saturated heterocycles. The van der Waals surface area contributed by atoms with Crippen LogP contribution in [0.4, 0.5) is 5.82 Å². The minimum absolute atomic E-state index is 0.572. The van der Waals surface area contributed by atoms with E-state index in [9.17, 15) is 0 Å². The molecule has 1 aliphatic carbocycles. The third-order valence-electron chi connectivity index (χ3n) is 3.80. The molecule has 0 amide bonds. The van der Waals surface area contributed by atoms with Gasteiger partial charge in [-0.3, -0.25) is 0 Å². The molecular formula is C16H18IN3S. The summed E-state index contributed by atoms with van der Waals surface area (Å²) >= 11 is 4.05. The van der Waals surface area contributed by atoms with E-state index >= 15 is 0 Å². The van der Waals surface area contributed by atoms with Crippen molar-refractivity contribution in [2.75, 3.05) is 5.73 Å². The molecule has 110 valence electrons. The number of hydrogen-bond acceptors (Lipinski definition) is 4. The summed E-state index contributed by atoms with van der Waals surface area (Å²) in [6.45, 7) is 0. The minimum atomic E-state index is 0.572. The van der Waals surface area contributed by atoms with Gasteiger partial charge < -0.3 is 5.73 Å². The van der Waals surface area contributed by atoms with Crippen molar-refractivity contribution < 1.29 is 0 Å². The molecule has 3 nitrogen and oxygen atoms in total. The van der Waals surface area contributed by atoms with E-state index in [1.165, 1.54) is 36.3 Å². The van der Waals surface area contributed by atoms with E-state index in [0.29, 0.717) is 11.7 Å². The van der Waals surface area contributed by atoms with Gasteiger partial charge in [-0.2, -0.15) is 0 Å². The van der Waals surface area contributed by atoms with Crippen LogP contribution in [0.1, 0.15) is 43.1 Å². The van der Waals surface area contributed by atoms with Gasteiger partial charge in [0.1, 0.15) is 11.6 Å². The van der Waals surface area contributed by atoms with Gasteiger partial charge in [0.2, 0.25) is 0 Å². The number of nitrogens with two attached hydrogens (primary N) is 1. The number of hydrogen-bond donors (Lipinski definition) is 1. The summed E-state index contributed by atoms with van der Waals surface area (Å²) in [5.74, 6) is 2.83. The van der Waals surface area contributed by atoms with Crippen LogP contribution in [-0.2, 0) is 5.75 Å². The van der Waals surface area contributed by atoms with E-state index in [4.69, 9.17) is 10.7 Å². The lowest BCUT2D eigenvalue weighted by Crippen LogP contribution is -2.09. The van der Waals surface area contributed by atoms with Crippen LogP contribution in [0.25, 0.3) is 0 Å². The standard InChI is InChI=1S/C16H18IN3S/c17-14-15(11-6-4-5-7-11)19-13(20-16(14)18)10-21-12-8-2-1-3-9-12/h1-3,8-9,11H,4-7,10H2,(H2,18,19,20). The van der Waals surface area contributed by atoms with Crippen LogP contribution in [0, 0.1) is 3.57 Å². The fourth-order valence-electron chi connectivity index (χ4n) is 2.73. The van der Waals surface area contributed by atoms with Crippen molar-refractivity contribution in [2.45, 2.75) is 42.2 Å². The molecule has 0 aliphatic heterocycles. The van der Waals surface area contributed by atoms with Crippen LogP contribution in [-0.4, -0.2) is 9.97 Å². The summed E-state index contributed by atoms with van der Waals surface area (Å²) in [7, 11) is 0. The number of benzene rings is 1. The molecule has 1 heterocycles. The van der Waals surface area contributed by atoms with Crippen LogP contribution in [0.3, 0.4) is 0 Å². The van der Waals surface area contributed by atoms with E-state index in [1.807, 2.05) is 6.07 Å². The Labute approximate surface area is 143 Å². The Kier molecular flexibility index (Phi) is 5.00. The third kappa shape index (κ3) is 3.69. The normalized spacial score (nSPS) is 15.5. The monoisotopic (exact) mass is 411 g/mol. The highest BCUT2D eigenvalue weighted by Gasteiger charge is 2.23. The quantitative estimate of drug-likeness (QED) is 0.590. The molecule has 1 fully saturated rings. The number of nitrogens with zero attached hydrogens (tertiary/aromatic N) is 2. The predicted molar refractivity (Wildman–Crippen MR) is 96.4 cm³/mol. The lowest BCUT2D eigenvalue weighted by molar-refractivity contribution is 0.684. The Hall–Kier alpha value is -0.820. The van der Waals surface area contributed by atoms with Gasteiger partial charge in [-0.15, -0.1) is 11.8 Å². The predicted octanol–water partition coefficient (Wildman–Crippen LogP) is 4.61. The molecule has 5 heteroatoms. The average molecular weight is 411 g/mol. The molecule has 0 spiro atoms. The fraction of sp³-hybridized carbons (Fsp3) is 0.375. The Balaban J connectivity index is 1.79. The summed E-state index contributed by atoms with van der Waals surface area (Å²) in [5.41, 5.74) is 7.26. The molecule has 1 aliphatic rings. The molecule has 0 bridgehead atoms. The first-order valence-corrected chi connectivity index (χ1v) is 9.30. The molecule has 1 aromatic carbocycles. The number of rotatable bonds is 4. The first-order valence-electron chi connectivity index (χ1n) is 7.23. The first-order chi connectivity index (χ1) is 10.2. The number of nitrogen functional groups attached to an aromatic ring is 1. The zero-order chi connectivity index (χ0) is 14.7. The molecule has 2 aromatic rings. The number of thioether (sulfide) groups is 1. The lowest BCUT2D eigenvalue weighted by Gasteiger charge is -2.13. The maximum absolute atomic E-state index is 6.09. The smallest absolute Gasteiger partial charge is 0.141 e. The van der Waals surface area contributed by atoms with Crippen molar-refractivity contribution in [3.05, 3.63) is 45.4 Å². The van der Waals surface area contributed by atoms with Crippen molar-refractivity contribution in [2.24, 2.45) is 0 Å². The van der Waals surface area contributed by atoms with Crippen molar-refractivity contribution in [1.82, 2.24) is 9.97 Å². The second-order valence-electron chi connectivity index (χ2n) is 5.31. The van der Waals surface area contributed by atoms with Crippen LogP contribution in [0.2, 0.25) is 0 Å². The Bertz CT molecular complexity index is 612. The summed E-state index contributed by atoms with van der Waals surface area (Å²) < 4.78 is 1.05. The Morgan fingerprint density at radius 1 is 1.14 bits per heavy atom. The van der Waals surface area contributed by atoms with E-state index in [1.54, 1.807) is 11.8 Å². The van der Waals surface area contributed by atoms with Crippen molar-refractivity contribution >= 4 is 40.2 Å². The SMILES string of the molecule is Nc1nc(CSc2ccccc2)nc(C2CCCC2)c1I. The minimum Gasteiger partial charge on any atom is -0.383 e. The van der Waals surface area contributed by atoms with Crippen molar-refractivity contribution in [3.63, 3.8) is 0 Å². The van der Waals surface area contributed by atoms with Gasteiger partial charge in [0.25, 0.3) is 0 Å². The summed E-state index contributed by atoms with van der Waals surface area (Å²) in [6.07, 6.45) is 5.08. The molecule has 0 unspecified atom stereocenters. The highest BCUT2D eigenvalue weighted by molar-refractivity contribution is 14.1. The molecule has 2 N–H and O–H groups in total. The zero-order valence-corrected chi connectivity index (χ0v) is 14.7. The van der Waals surface area contributed by atoms with Crippen LogP contribution < -0.4 is 5.73 Å². The largest absolute Gasteiger partial charge is 0.383 e. The molecule has 0 atom stereocenters. The topological polar surface area (TPSA) is 51.8 Å². The van der Waals surface area contributed by atoms with E-state index < -0.39 is 0 Å². The average Bonchev–Trinajstić information content (AvgIpc) is 3.03. The van der Waals surface area contributed by atoms with Gasteiger partial charge in [-0.25, -0.2) is 9.97 Å². The zero-order valence-electron chi connectivity index (χ0n) is 11.8. The van der Waals surface area contributed by atoms with Crippen molar-refractivity contribution in [1.29, 1.82) is 0 Å². The summed E-state index contributed by atoms with van der Waals surface area (Å²) in [6, 6.07) is 10.4. The summed E-state index contributed by atoms with van der Waals surface area (Å²) in [5, 5.41) is 0. The number of aromatic nitrogens is 2. The van der Waals surface area contributed by atoms with Crippen LogP contribution in [0.5, 0.6) is 0 Å². The molecule has 1 saturated carbocycles. The lowest BCUT2D eigenvalue weighted by atomic mass is 10.0. The highest BCUT2D eigenvalue weighted by Crippen LogP contribution is 2.36. The fourth-order valence-corrected chi connectivity index (χ4v) is 4.19. The van der Waals surface area contributed by atoms with Crippen LogP contribution >= 0.6 is 34.4 Å². The maximum Gasteiger partial charge on any atom is 0.141 e. The molecule has 21 heavy (non-hydrogen) atoms. The van der Waals surface area contributed by atoms with E-state index in [0.717, 1.165) is 15.1 Å². The third-order valence-corrected chi connectivity index (χ3v) is 5.92. The first kappa shape index (κ1) is 15.1. The Morgan fingerprint density at radius 3 is 2.57 bits per heavy atom. The van der Waals surface area contributed by atoms with E-state index in [2.05, 4.69) is 51.8 Å². The molecule has 1 aromatic heterocycles. The Morgan fingerprint density at radius 2 is 1.86 bits per heavy atom. The summed E-state index contributed by atoms with van der Waals surface area (Å²) in [4.78, 5) is 10.5. The molecular weight excluding hydrogens is 393 g/mol. The van der Waals surface area contributed by atoms with Crippen molar-refractivity contribution in [3.8, 4) is 0 Å². The van der Waals surface area contributed by atoms with Gasteiger partial charge in [-0.05, 0) is 47.6 Å². The number of anilines is 1. The van der Waals surface area contributed by atoms with Gasteiger partial charge in [-0.1, -0.05) is 31.0 Å². The highest BCUT2D eigenvalue weighted by atomic mass is 127. The van der Waals surface area contributed by atoms with Gasteiger partial charge in [0, 0.05) is 10.8 Å². The van der Waals surface area contributed by atoms with Crippen LogP contribution in [0.15, 0.2) is 35.2 Å². The second kappa shape index (κ2) is 6.96. The van der Waals surface area contributed by atoms with E-state index in [-0.39, 0.29) is 0 Å². The molecule has 0 radical (unpaired) electrons. The van der Waals surface area contributed by atoms with Gasteiger partial charge >= 0.3 is 0 Å². The van der Waals surface area contributed by atoms with Gasteiger partial charge in [0.15, 0.2) is 0 Å². The maximum atomic E-state index is 6.09. The van der Waals surface area contributed by atoms with Gasteiger partial charge in [0.05, 0.1) is 15.0 Å². The second-order valence-corrected chi connectivity index (χ2v) is 7.43.